The van der Waals surface area contributed by atoms with E-state index >= 15 is 0 Å². The molecule has 0 radical (unpaired) electrons. The smallest absolute Gasteiger partial charge is 0.135 e. The zero-order valence-corrected chi connectivity index (χ0v) is 29.0. The highest BCUT2D eigenvalue weighted by molar-refractivity contribution is 6.06. The highest BCUT2D eigenvalue weighted by Crippen LogP contribution is 2.41. The van der Waals surface area contributed by atoms with Crippen molar-refractivity contribution in [2.75, 3.05) is 4.90 Å². The van der Waals surface area contributed by atoms with E-state index in [1.807, 2.05) is 84.9 Å². The normalized spacial score (nSPS) is 13.1. The predicted octanol–water partition coefficient (Wildman–Crippen LogP) is 14.9. The number of fused-ring (bicyclic) bond motifs is 4. The Hall–Kier alpha value is -7.16. The number of rotatable bonds is 7. The molecule has 0 amide bonds. The molecule has 0 aliphatic rings. The number of benzene rings is 9. The van der Waals surface area contributed by atoms with Gasteiger partial charge < -0.3 is 9.32 Å². The van der Waals surface area contributed by atoms with Crippen LogP contribution in [-0.2, 0) is 0 Å². The molecule has 54 heavy (non-hydrogen) atoms. The van der Waals surface area contributed by atoms with E-state index in [1.165, 1.54) is 0 Å². The van der Waals surface area contributed by atoms with Crippen LogP contribution in [0.2, 0.25) is 0 Å². The van der Waals surface area contributed by atoms with Gasteiger partial charge in [0.2, 0.25) is 0 Å². The summed E-state index contributed by atoms with van der Waals surface area (Å²) in [6.07, 6.45) is 0. The molecule has 1 heterocycles. The van der Waals surface area contributed by atoms with Crippen LogP contribution < -0.4 is 4.90 Å². The SMILES string of the molecule is [2H]c1c([2H])c([2H])c2c(-c3cccc(N(c4cccc(-c5ccccc5)c4)c4cccc(-c5cccc(-c6ccc7oc8ccccc8c7c6)c5)c4)c3)c([2H])c([2H])c([2H])c2c1[2H]. The fourth-order valence-corrected chi connectivity index (χ4v) is 7.34. The average Bonchev–Trinajstić information content (AvgIpc) is 3.68. The lowest BCUT2D eigenvalue weighted by atomic mass is 9.96. The van der Waals surface area contributed by atoms with Crippen LogP contribution in [-0.4, -0.2) is 0 Å². The van der Waals surface area contributed by atoms with Gasteiger partial charge in [0.1, 0.15) is 11.2 Å². The summed E-state index contributed by atoms with van der Waals surface area (Å²) >= 11 is 0. The second-order valence-electron chi connectivity index (χ2n) is 13.2. The second-order valence-corrected chi connectivity index (χ2v) is 13.2. The van der Waals surface area contributed by atoms with Gasteiger partial charge in [0.05, 0.1) is 9.60 Å². The van der Waals surface area contributed by atoms with Crippen molar-refractivity contribution in [3.63, 3.8) is 0 Å². The fourth-order valence-electron chi connectivity index (χ4n) is 7.34. The van der Waals surface area contributed by atoms with Crippen molar-refractivity contribution in [3.8, 4) is 44.5 Å². The molecule has 9 aromatic carbocycles. The predicted molar refractivity (Wildman–Crippen MR) is 228 cm³/mol. The number of hydrogen-bond acceptors (Lipinski definition) is 2. The molecule has 254 valence electrons. The standard InChI is InChI=1S/C52H35NO/c1-2-13-36(14-3-1)40-19-9-22-44(32-40)53(46-24-11-21-43(34-46)48-27-12-16-37-15-4-5-25-47(37)48)45-23-10-20-41(33-45)38-17-8-18-39(31-38)42-29-30-52-50(35-42)49-26-6-7-28-51(49)54-52/h1-35H/i4D,5D,12D,15D,16D,25D,27D. The van der Waals surface area contributed by atoms with Crippen molar-refractivity contribution in [3.05, 3.63) is 212 Å². The van der Waals surface area contributed by atoms with Gasteiger partial charge in [-0.05, 0) is 116 Å². The molecule has 0 unspecified atom stereocenters. The van der Waals surface area contributed by atoms with Crippen LogP contribution in [0.1, 0.15) is 9.60 Å². The topological polar surface area (TPSA) is 16.4 Å². The van der Waals surface area contributed by atoms with Crippen LogP contribution >= 0.6 is 0 Å². The van der Waals surface area contributed by atoms with E-state index in [-0.39, 0.29) is 28.4 Å². The highest BCUT2D eigenvalue weighted by Gasteiger charge is 2.17. The average molecular weight is 697 g/mol. The van der Waals surface area contributed by atoms with Gasteiger partial charge in [0.25, 0.3) is 0 Å². The van der Waals surface area contributed by atoms with Crippen LogP contribution in [0.5, 0.6) is 0 Å². The molecule has 10 aromatic rings. The molecule has 0 spiro atoms. The van der Waals surface area contributed by atoms with Crippen molar-refractivity contribution >= 4 is 49.8 Å². The summed E-state index contributed by atoms with van der Waals surface area (Å²) in [5.74, 6) is 0. The van der Waals surface area contributed by atoms with Crippen LogP contribution in [0, 0.1) is 0 Å². The van der Waals surface area contributed by atoms with Gasteiger partial charge in [0, 0.05) is 27.8 Å². The lowest BCUT2D eigenvalue weighted by molar-refractivity contribution is 0.669. The van der Waals surface area contributed by atoms with Gasteiger partial charge in [-0.25, -0.2) is 0 Å². The monoisotopic (exact) mass is 696 g/mol. The Balaban J connectivity index is 1.13. The highest BCUT2D eigenvalue weighted by atomic mass is 16.3. The molecule has 0 aliphatic carbocycles. The van der Waals surface area contributed by atoms with E-state index in [2.05, 4.69) is 83.8 Å². The molecule has 1 aromatic heterocycles. The summed E-state index contributed by atoms with van der Waals surface area (Å²) in [7, 11) is 0. The van der Waals surface area contributed by atoms with Crippen molar-refractivity contribution < 1.29 is 14.0 Å². The minimum absolute atomic E-state index is 0.0498. The van der Waals surface area contributed by atoms with Crippen LogP contribution in [0.3, 0.4) is 0 Å². The van der Waals surface area contributed by atoms with Gasteiger partial charge in [-0.2, -0.15) is 0 Å². The molecule has 2 heteroatoms. The molecule has 0 bridgehead atoms. The molecule has 0 atom stereocenters. The summed E-state index contributed by atoms with van der Waals surface area (Å²) in [5.41, 5.74) is 11.1. The Labute approximate surface area is 324 Å². The number of para-hydroxylation sites is 1. The van der Waals surface area contributed by atoms with Crippen molar-refractivity contribution in [2.24, 2.45) is 0 Å². The van der Waals surface area contributed by atoms with E-state index in [9.17, 15) is 0 Å². The molecule has 0 aliphatic heterocycles. The van der Waals surface area contributed by atoms with Gasteiger partial charge >= 0.3 is 0 Å². The van der Waals surface area contributed by atoms with Gasteiger partial charge in [-0.15, -0.1) is 0 Å². The fraction of sp³-hybridized carbons (Fsp3) is 0. The van der Waals surface area contributed by atoms with E-state index in [0.717, 1.165) is 72.4 Å². The Morgan fingerprint density at radius 3 is 1.65 bits per heavy atom. The van der Waals surface area contributed by atoms with Crippen LogP contribution in [0.15, 0.2) is 217 Å². The zero-order chi connectivity index (χ0) is 41.9. The summed E-state index contributed by atoms with van der Waals surface area (Å²) in [6.45, 7) is 0. The van der Waals surface area contributed by atoms with Crippen LogP contribution in [0.4, 0.5) is 17.1 Å². The molecule has 0 fully saturated rings. The lowest BCUT2D eigenvalue weighted by Crippen LogP contribution is -2.10. The molecule has 0 N–H and O–H groups in total. The van der Waals surface area contributed by atoms with Crippen molar-refractivity contribution in [1.29, 1.82) is 0 Å². The molecule has 0 saturated carbocycles. The minimum atomic E-state index is -0.481. The first-order valence-corrected chi connectivity index (χ1v) is 17.8. The summed E-state index contributed by atoms with van der Waals surface area (Å²) < 4.78 is 66.9. The molecule has 10 rings (SSSR count). The Kier molecular flexibility index (Phi) is 6.20. The van der Waals surface area contributed by atoms with Gasteiger partial charge in [-0.1, -0.05) is 151 Å². The maximum atomic E-state index is 9.07. The van der Waals surface area contributed by atoms with E-state index in [1.54, 1.807) is 6.07 Å². The minimum Gasteiger partial charge on any atom is -0.456 e. The number of hydrogen-bond donors (Lipinski definition) is 0. The molecular formula is C52H35NO. The summed E-state index contributed by atoms with van der Waals surface area (Å²) in [6, 6.07) is 54.3. The third kappa shape index (κ3) is 5.81. The van der Waals surface area contributed by atoms with Gasteiger partial charge in [-0.3, -0.25) is 0 Å². The van der Waals surface area contributed by atoms with E-state index < -0.39 is 30.2 Å². The number of nitrogens with zero attached hydrogens (tertiary/aromatic N) is 1. The molecular weight excluding hydrogens is 655 g/mol. The first kappa shape index (κ1) is 24.9. The zero-order valence-electron chi connectivity index (χ0n) is 36.0. The summed E-state index contributed by atoms with van der Waals surface area (Å²) in [4.78, 5) is 2.13. The van der Waals surface area contributed by atoms with Gasteiger partial charge in [0.15, 0.2) is 0 Å². The Morgan fingerprint density at radius 1 is 0.352 bits per heavy atom. The maximum absolute atomic E-state index is 9.07. The third-order valence-corrected chi connectivity index (χ3v) is 9.93. The van der Waals surface area contributed by atoms with Crippen LogP contribution in [0.25, 0.3) is 77.2 Å². The Morgan fingerprint density at radius 2 is 0.889 bits per heavy atom. The first-order valence-electron chi connectivity index (χ1n) is 21.3. The number of furan rings is 1. The molecule has 2 nitrogen and oxygen atoms in total. The maximum Gasteiger partial charge on any atom is 0.135 e. The second kappa shape index (κ2) is 13.4. The first-order chi connectivity index (χ1) is 29.7. The third-order valence-electron chi connectivity index (χ3n) is 9.93. The summed E-state index contributed by atoms with van der Waals surface area (Å²) in [5, 5.41) is 2.12. The quantitative estimate of drug-likeness (QED) is 0.165. The number of anilines is 3. The van der Waals surface area contributed by atoms with Crippen molar-refractivity contribution in [1.82, 2.24) is 0 Å². The molecule has 0 saturated heterocycles. The Bertz CT molecular complexity index is 3350. The lowest BCUT2D eigenvalue weighted by Gasteiger charge is -2.27. The van der Waals surface area contributed by atoms with Crippen molar-refractivity contribution in [2.45, 2.75) is 0 Å². The largest absolute Gasteiger partial charge is 0.456 e. The van der Waals surface area contributed by atoms with E-state index in [4.69, 9.17) is 14.0 Å². The van der Waals surface area contributed by atoms with E-state index in [0.29, 0.717) is 5.56 Å².